The van der Waals surface area contributed by atoms with Gasteiger partial charge in [0.05, 0.1) is 24.0 Å². The number of amides is 2. The molecule has 10 heteroatoms. The molecule has 0 atom stereocenters. The standard InChI is InChI=1S/C26H30N6O4/c33-23(18-6-7-18)30-12-8-26(36,9-13-30)16-31-17-27-22-21(25(31)35)15-28-32(22)20-5-3-4-19(14-20)24(34)29-10-1-2-11-29/h3-5,14-15,17-18,36H,1-2,6-13,16H2. The Morgan fingerprint density at radius 3 is 2.53 bits per heavy atom. The van der Waals surface area contributed by atoms with Crippen LogP contribution < -0.4 is 5.56 Å². The average molecular weight is 491 g/mol. The first kappa shape index (κ1) is 22.9. The Morgan fingerprint density at radius 2 is 1.81 bits per heavy atom. The molecule has 1 aliphatic carbocycles. The molecule has 0 spiro atoms. The van der Waals surface area contributed by atoms with Crippen LogP contribution in [0.5, 0.6) is 0 Å². The molecule has 0 radical (unpaired) electrons. The van der Waals surface area contributed by atoms with E-state index in [4.69, 9.17) is 0 Å². The maximum atomic E-state index is 13.2. The van der Waals surface area contributed by atoms with Gasteiger partial charge in [-0.25, -0.2) is 9.67 Å². The van der Waals surface area contributed by atoms with Crippen molar-refractivity contribution in [2.75, 3.05) is 26.2 Å². The minimum Gasteiger partial charge on any atom is -0.388 e. The number of piperidine rings is 1. The van der Waals surface area contributed by atoms with Crippen LogP contribution in [-0.4, -0.2) is 77.8 Å². The van der Waals surface area contributed by atoms with Crippen LogP contribution in [0, 0.1) is 5.92 Å². The zero-order valence-corrected chi connectivity index (χ0v) is 20.2. The van der Waals surface area contributed by atoms with E-state index < -0.39 is 5.60 Å². The third-order valence-corrected chi connectivity index (χ3v) is 7.68. The highest BCUT2D eigenvalue weighted by atomic mass is 16.3. The molecule has 3 aliphatic rings. The molecule has 1 aromatic carbocycles. The van der Waals surface area contributed by atoms with E-state index in [2.05, 4.69) is 10.1 Å². The van der Waals surface area contributed by atoms with E-state index in [1.165, 1.54) is 17.1 Å². The lowest BCUT2D eigenvalue weighted by Crippen LogP contribution is -2.50. The molecule has 0 unspecified atom stereocenters. The Labute approximate surface area is 208 Å². The fourth-order valence-corrected chi connectivity index (χ4v) is 5.33. The van der Waals surface area contributed by atoms with Crippen LogP contribution in [-0.2, 0) is 11.3 Å². The summed E-state index contributed by atoms with van der Waals surface area (Å²) in [5.41, 5.74) is 0.297. The van der Waals surface area contributed by atoms with Gasteiger partial charge in [0.2, 0.25) is 5.91 Å². The van der Waals surface area contributed by atoms with E-state index >= 15 is 0 Å². The van der Waals surface area contributed by atoms with Gasteiger partial charge in [-0.1, -0.05) is 6.07 Å². The second kappa shape index (κ2) is 8.85. The predicted octanol–water partition coefficient (Wildman–Crippen LogP) is 1.58. The number of likely N-dealkylation sites (tertiary alicyclic amines) is 2. The van der Waals surface area contributed by atoms with Crippen molar-refractivity contribution in [2.45, 2.75) is 50.7 Å². The van der Waals surface area contributed by atoms with Gasteiger partial charge in [-0.05, 0) is 56.7 Å². The molecule has 4 heterocycles. The molecule has 0 bridgehead atoms. The molecule has 3 fully saturated rings. The second-order valence-electron chi connectivity index (χ2n) is 10.3. The molecule has 36 heavy (non-hydrogen) atoms. The lowest BCUT2D eigenvalue weighted by Gasteiger charge is -2.38. The molecule has 10 nitrogen and oxygen atoms in total. The van der Waals surface area contributed by atoms with Crippen LogP contribution in [0.25, 0.3) is 16.7 Å². The molecule has 1 saturated carbocycles. The quantitative estimate of drug-likeness (QED) is 0.581. The third-order valence-electron chi connectivity index (χ3n) is 7.68. The number of hydrogen-bond acceptors (Lipinski definition) is 6. The Hall–Kier alpha value is -3.53. The third kappa shape index (κ3) is 4.19. The number of aliphatic hydroxyl groups is 1. The number of rotatable bonds is 5. The average Bonchev–Trinajstić information content (AvgIpc) is 3.41. The number of carbonyl (C=O) groups excluding carboxylic acids is 2. The van der Waals surface area contributed by atoms with Crippen LogP contribution in [0.3, 0.4) is 0 Å². The fraction of sp³-hybridized carbons (Fsp3) is 0.500. The van der Waals surface area contributed by atoms with Crippen molar-refractivity contribution in [3.05, 3.63) is 52.7 Å². The first-order chi connectivity index (χ1) is 17.4. The van der Waals surface area contributed by atoms with Crippen molar-refractivity contribution in [2.24, 2.45) is 5.92 Å². The molecular formula is C26H30N6O4. The minimum absolute atomic E-state index is 0.000695. The summed E-state index contributed by atoms with van der Waals surface area (Å²) in [6, 6.07) is 7.21. The van der Waals surface area contributed by atoms with E-state index in [1.54, 1.807) is 16.8 Å². The molecule has 188 valence electrons. The van der Waals surface area contributed by atoms with Gasteiger partial charge in [0, 0.05) is 37.7 Å². The topological polar surface area (TPSA) is 114 Å². The van der Waals surface area contributed by atoms with Crippen LogP contribution in [0.1, 0.15) is 48.9 Å². The molecule has 3 aromatic rings. The van der Waals surface area contributed by atoms with Gasteiger partial charge in [-0.3, -0.25) is 19.0 Å². The second-order valence-corrected chi connectivity index (χ2v) is 10.3. The summed E-state index contributed by atoms with van der Waals surface area (Å²) in [7, 11) is 0. The molecule has 6 rings (SSSR count). The maximum Gasteiger partial charge on any atom is 0.264 e. The van der Waals surface area contributed by atoms with E-state index in [-0.39, 0.29) is 29.8 Å². The lowest BCUT2D eigenvalue weighted by molar-refractivity contribution is -0.137. The van der Waals surface area contributed by atoms with Crippen molar-refractivity contribution in [1.82, 2.24) is 29.1 Å². The minimum atomic E-state index is -1.07. The summed E-state index contributed by atoms with van der Waals surface area (Å²) in [5.74, 6) is 0.358. The monoisotopic (exact) mass is 490 g/mol. The van der Waals surface area contributed by atoms with Crippen molar-refractivity contribution in [3.63, 3.8) is 0 Å². The molecular weight excluding hydrogens is 460 g/mol. The summed E-state index contributed by atoms with van der Waals surface area (Å²) < 4.78 is 3.00. The van der Waals surface area contributed by atoms with Gasteiger partial charge in [-0.2, -0.15) is 5.10 Å². The number of nitrogens with zero attached hydrogens (tertiary/aromatic N) is 6. The van der Waals surface area contributed by atoms with Crippen molar-refractivity contribution >= 4 is 22.8 Å². The molecule has 2 amide bonds. The van der Waals surface area contributed by atoms with Crippen LogP contribution in [0.4, 0.5) is 0 Å². The highest BCUT2D eigenvalue weighted by Gasteiger charge is 2.39. The number of benzene rings is 1. The predicted molar refractivity (Wildman–Crippen MR) is 132 cm³/mol. The first-order valence-electron chi connectivity index (χ1n) is 12.8. The van der Waals surface area contributed by atoms with E-state index in [1.807, 2.05) is 21.9 Å². The van der Waals surface area contributed by atoms with Gasteiger partial charge in [-0.15, -0.1) is 0 Å². The van der Waals surface area contributed by atoms with Gasteiger partial charge in [0.1, 0.15) is 11.7 Å². The normalized spacial score (nSPS) is 19.7. The lowest BCUT2D eigenvalue weighted by atomic mass is 9.91. The zero-order valence-electron chi connectivity index (χ0n) is 20.2. The fourth-order valence-electron chi connectivity index (χ4n) is 5.33. The maximum absolute atomic E-state index is 13.2. The van der Waals surface area contributed by atoms with Crippen LogP contribution >= 0.6 is 0 Å². The number of fused-ring (bicyclic) bond motifs is 1. The highest BCUT2D eigenvalue weighted by Crippen LogP contribution is 2.33. The SMILES string of the molecule is O=C(c1cccc(-n2ncc3c(=O)n(CC4(O)CCN(C(=O)C5CC5)CC4)cnc32)c1)N1CCCC1. The van der Waals surface area contributed by atoms with E-state index in [9.17, 15) is 19.5 Å². The van der Waals surface area contributed by atoms with Gasteiger partial charge in [0.25, 0.3) is 11.5 Å². The largest absolute Gasteiger partial charge is 0.388 e. The molecule has 2 aliphatic heterocycles. The van der Waals surface area contributed by atoms with Crippen LogP contribution in [0.2, 0.25) is 0 Å². The van der Waals surface area contributed by atoms with E-state index in [0.29, 0.717) is 48.2 Å². The summed E-state index contributed by atoms with van der Waals surface area (Å²) >= 11 is 0. The Bertz CT molecular complexity index is 1380. The Morgan fingerprint density at radius 1 is 1.06 bits per heavy atom. The van der Waals surface area contributed by atoms with Crippen molar-refractivity contribution < 1.29 is 14.7 Å². The van der Waals surface area contributed by atoms with Crippen molar-refractivity contribution in [3.8, 4) is 5.69 Å². The van der Waals surface area contributed by atoms with E-state index in [0.717, 1.165) is 38.8 Å². The van der Waals surface area contributed by atoms with Gasteiger partial charge >= 0.3 is 0 Å². The molecule has 2 aromatic heterocycles. The molecule has 2 saturated heterocycles. The summed E-state index contributed by atoms with van der Waals surface area (Å²) in [6.45, 7) is 2.67. The summed E-state index contributed by atoms with van der Waals surface area (Å²) in [4.78, 5) is 46.6. The van der Waals surface area contributed by atoms with Crippen LogP contribution in [0.15, 0.2) is 41.6 Å². The number of carbonyl (C=O) groups is 2. The van der Waals surface area contributed by atoms with Crippen molar-refractivity contribution in [1.29, 1.82) is 0 Å². The zero-order chi connectivity index (χ0) is 24.9. The smallest absolute Gasteiger partial charge is 0.264 e. The van der Waals surface area contributed by atoms with Gasteiger partial charge < -0.3 is 14.9 Å². The first-order valence-corrected chi connectivity index (χ1v) is 12.8. The number of hydrogen-bond donors (Lipinski definition) is 1. The summed E-state index contributed by atoms with van der Waals surface area (Å²) in [6.07, 6.45) is 7.76. The summed E-state index contributed by atoms with van der Waals surface area (Å²) in [5, 5.41) is 15.9. The Balaban J connectivity index is 1.22. The highest BCUT2D eigenvalue weighted by molar-refractivity contribution is 5.95. The molecule has 1 N–H and O–H groups in total. The van der Waals surface area contributed by atoms with Gasteiger partial charge in [0.15, 0.2) is 5.65 Å². The Kier molecular flexibility index (Phi) is 5.63. The number of aromatic nitrogens is 4.